The number of aromatic nitrogens is 1. The first-order chi connectivity index (χ1) is 10.9. The van der Waals surface area contributed by atoms with Crippen LogP contribution in [0.5, 0.6) is 5.88 Å². The molecule has 2 rings (SSSR count). The van der Waals surface area contributed by atoms with Crippen LogP contribution >= 0.6 is 0 Å². The molecule has 2 aromatic rings. The zero-order valence-electron chi connectivity index (χ0n) is 12.1. The number of rotatable bonds is 4. The molecule has 0 aliphatic heterocycles. The molecule has 1 aromatic heterocycles. The van der Waals surface area contributed by atoms with Crippen molar-refractivity contribution in [3.05, 3.63) is 42.0 Å². The molecule has 120 valence electrons. The van der Waals surface area contributed by atoms with E-state index in [9.17, 15) is 8.42 Å². The van der Waals surface area contributed by atoms with E-state index in [-0.39, 0.29) is 10.5 Å². The summed E-state index contributed by atoms with van der Waals surface area (Å²) in [5, 5.41) is 19.6. The Morgan fingerprint density at radius 3 is 2.57 bits per heavy atom. The number of methoxy groups -OCH3 is 1. The number of primary sulfonamides is 1. The minimum absolute atomic E-state index is 0.0371. The van der Waals surface area contributed by atoms with E-state index in [1.807, 2.05) is 0 Å². The van der Waals surface area contributed by atoms with Crippen LogP contribution in [0.4, 0.5) is 0 Å². The smallest absolute Gasteiger partial charge is 0.238 e. The summed E-state index contributed by atoms with van der Waals surface area (Å²) in [7, 11) is -2.63. The molecule has 1 heterocycles. The number of benzene rings is 1. The van der Waals surface area contributed by atoms with Crippen molar-refractivity contribution in [3.8, 4) is 17.1 Å². The SMILES string of the molecule is COc1cccc(-c2cccc(S(N)(=O)=O)c2C(=N)N=NN)n1. The Hall–Kier alpha value is -2.85. The first-order valence-corrected chi connectivity index (χ1v) is 7.80. The van der Waals surface area contributed by atoms with Crippen LogP contribution in [0.25, 0.3) is 11.3 Å². The van der Waals surface area contributed by atoms with Gasteiger partial charge < -0.3 is 10.6 Å². The predicted octanol–water partition coefficient (Wildman–Crippen LogP) is 1.06. The molecule has 0 aliphatic carbocycles. The Kier molecular flexibility index (Phi) is 4.67. The Morgan fingerprint density at radius 2 is 1.96 bits per heavy atom. The predicted molar refractivity (Wildman–Crippen MR) is 83.5 cm³/mol. The number of hydrogen-bond donors (Lipinski definition) is 3. The lowest BCUT2D eigenvalue weighted by molar-refractivity contribution is 0.398. The molecule has 0 spiro atoms. The second-order valence-electron chi connectivity index (χ2n) is 4.35. The molecule has 1 aromatic carbocycles. The summed E-state index contributed by atoms with van der Waals surface area (Å²) in [4.78, 5) is 3.96. The van der Waals surface area contributed by atoms with E-state index in [1.165, 1.54) is 19.2 Å². The summed E-state index contributed by atoms with van der Waals surface area (Å²) in [6.07, 6.45) is 0. The van der Waals surface area contributed by atoms with Gasteiger partial charge in [0, 0.05) is 17.2 Å². The van der Waals surface area contributed by atoms with Gasteiger partial charge in [0.25, 0.3) is 0 Å². The standard InChI is InChI=1S/C13H14N6O3S/c1-22-11-7-3-5-9(17-11)8-4-2-6-10(23(16,20)21)12(8)13(14)18-19-15/h2-7H,1H3,(H3,14,15,18)(H2,16,20,21). The lowest BCUT2D eigenvalue weighted by Gasteiger charge is -2.12. The number of nitrogens with two attached hydrogens (primary N) is 2. The minimum atomic E-state index is -4.09. The molecule has 0 radical (unpaired) electrons. The molecular weight excluding hydrogens is 320 g/mol. The molecule has 5 N–H and O–H groups in total. The molecule has 0 amide bonds. The maximum atomic E-state index is 11.8. The molecule has 0 saturated heterocycles. The van der Waals surface area contributed by atoms with Crippen LogP contribution in [-0.4, -0.2) is 26.3 Å². The van der Waals surface area contributed by atoms with Crippen LogP contribution in [0.2, 0.25) is 0 Å². The molecule has 10 heteroatoms. The van der Waals surface area contributed by atoms with Gasteiger partial charge in [0.1, 0.15) is 0 Å². The number of amidine groups is 1. The number of ether oxygens (including phenoxy) is 1. The first kappa shape index (κ1) is 16.5. The van der Waals surface area contributed by atoms with E-state index in [4.69, 9.17) is 21.1 Å². The lowest BCUT2D eigenvalue weighted by Crippen LogP contribution is -2.17. The highest BCUT2D eigenvalue weighted by Crippen LogP contribution is 2.29. The topological polar surface area (TPSA) is 157 Å². The molecule has 0 aliphatic rings. The fraction of sp³-hybridized carbons (Fsp3) is 0.0769. The van der Waals surface area contributed by atoms with Crippen molar-refractivity contribution in [2.24, 2.45) is 21.3 Å². The van der Waals surface area contributed by atoms with Crippen LogP contribution in [-0.2, 0) is 10.0 Å². The van der Waals surface area contributed by atoms with E-state index >= 15 is 0 Å². The van der Waals surface area contributed by atoms with Crippen molar-refractivity contribution < 1.29 is 13.2 Å². The van der Waals surface area contributed by atoms with Gasteiger partial charge in [-0.2, -0.15) is 0 Å². The molecule has 23 heavy (non-hydrogen) atoms. The molecule has 0 fully saturated rings. The largest absolute Gasteiger partial charge is 0.481 e. The third-order valence-corrected chi connectivity index (χ3v) is 3.89. The van der Waals surface area contributed by atoms with Gasteiger partial charge in [-0.25, -0.2) is 18.5 Å². The van der Waals surface area contributed by atoms with Crippen molar-refractivity contribution in [1.82, 2.24) is 4.98 Å². The summed E-state index contributed by atoms with van der Waals surface area (Å²) < 4.78 is 28.7. The fourth-order valence-electron chi connectivity index (χ4n) is 2.01. The molecule has 9 nitrogen and oxygen atoms in total. The third kappa shape index (κ3) is 3.49. The Labute approximate surface area is 132 Å². The minimum Gasteiger partial charge on any atom is -0.481 e. The van der Waals surface area contributed by atoms with Gasteiger partial charge in [0.2, 0.25) is 15.9 Å². The first-order valence-electron chi connectivity index (χ1n) is 6.25. The van der Waals surface area contributed by atoms with Gasteiger partial charge in [0.15, 0.2) is 5.84 Å². The van der Waals surface area contributed by atoms with E-state index in [2.05, 4.69) is 15.3 Å². The number of hydrogen-bond acceptors (Lipinski definition) is 6. The average molecular weight is 334 g/mol. The van der Waals surface area contributed by atoms with Gasteiger partial charge in [-0.05, 0) is 12.1 Å². The van der Waals surface area contributed by atoms with Gasteiger partial charge >= 0.3 is 0 Å². The number of nitrogens with one attached hydrogen (secondary N) is 1. The zero-order chi connectivity index (χ0) is 17.0. The summed E-state index contributed by atoms with van der Waals surface area (Å²) in [6.45, 7) is 0. The highest BCUT2D eigenvalue weighted by Gasteiger charge is 2.22. The Balaban J connectivity index is 2.80. The fourth-order valence-corrected chi connectivity index (χ4v) is 2.77. The summed E-state index contributed by atoms with van der Waals surface area (Å²) >= 11 is 0. The van der Waals surface area contributed by atoms with E-state index in [1.54, 1.807) is 24.3 Å². The van der Waals surface area contributed by atoms with Gasteiger partial charge in [0.05, 0.1) is 17.7 Å². The summed E-state index contributed by atoms with van der Waals surface area (Å²) in [6, 6.07) is 9.31. The Bertz CT molecular complexity index is 879. The van der Waals surface area contributed by atoms with Crippen LogP contribution < -0.4 is 15.7 Å². The van der Waals surface area contributed by atoms with Gasteiger partial charge in [-0.1, -0.05) is 23.4 Å². The maximum Gasteiger partial charge on any atom is 0.238 e. The summed E-state index contributed by atoms with van der Waals surface area (Å²) in [5.41, 5.74) is 0.694. The molecule has 0 atom stereocenters. The normalized spacial score (nSPS) is 11.6. The van der Waals surface area contributed by atoms with E-state index in [0.29, 0.717) is 17.1 Å². The van der Waals surface area contributed by atoms with Crippen LogP contribution in [0.15, 0.2) is 51.6 Å². The van der Waals surface area contributed by atoms with Crippen molar-refractivity contribution in [2.75, 3.05) is 7.11 Å². The van der Waals surface area contributed by atoms with Crippen LogP contribution in [0.1, 0.15) is 5.56 Å². The average Bonchev–Trinajstić information content (AvgIpc) is 2.53. The van der Waals surface area contributed by atoms with Crippen LogP contribution in [0, 0.1) is 5.41 Å². The third-order valence-electron chi connectivity index (χ3n) is 2.94. The summed E-state index contributed by atoms with van der Waals surface area (Å²) in [5.74, 6) is 4.85. The van der Waals surface area contributed by atoms with E-state index in [0.717, 1.165) is 0 Å². The monoisotopic (exact) mass is 334 g/mol. The quantitative estimate of drug-likeness (QED) is 0.250. The second kappa shape index (κ2) is 6.50. The molecular formula is C13H14N6O3S. The lowest BCUT2D eigenvalue weighted by atomic mass is 10.0. The van der Waals surface area contributed by atoms with E-state index < -0.39 is 15.9 Å². The highest BCUT2D eigenvalue weighted by molar-refractivity contribution is 7.89. The van der Waals surface area contributed by atoms with Crippen molar-refractivity contribution in [2.45, 2.75) is 4.90 Å². The van der Waals surface area contributed by atoms with Gasteiger partial charge in [-0.3, -0.25) is 5.41 Å². The number of pyridine rings is 1. The van der Waals surface area contributed by atoms with Crippen molar-refractivity contribution >= 4 is 15.9 Å². The number of nitrogens with zero attached hydrogens (tertiary/aromatic N) is 3. The molecule has 0 unspecified atom stereocenters. The second-order valence-corrected chi connectivity index (χ2v) is 5.88. The zero-order valence-corrected chi connectivity index (χ0v) is 12.9. The molecule has 0 bridgehead atoms. The Morgan fingerprint density at radius 1 is 1.26 bits per heavy atom. The van der Waals surface area contributed by atoms with Crippen molar-refractivity contribution in [3.63, 3.8) is 0 Å². The molecule has 0 saturated carbocycles. The van der Waals surface area contributed by atoms with Crippen LogP contribution in [0.3, 0.4) is 0 Å². The number of sulfonamides is 1. The highest BCUT2D eigenvalue weighted by atomic mass is 32.2. The van der Waals surface area contributed by atoms with Crippen molar-refractivity contribution in [1.29, 1.82) is 5.41 Å². The maximum absolute atomic E-state index is 11.8. The van der Waals surface area contributed by atoms with Gasteiger partial charge in [-0.15, -0.1) is 5.11 Å².